The summed E-state index contributed by atoms with van der Waals surface area (Å²) in [5, 5.41) is 10.2. The van der Waals surface area contributed by atoms with Gasteiger partial charge in [0, 0.05) is 19.8 Å². The van der Waals surface area contributed by atoms with Crippen LogP contribution in [0.1, 0.15) is 16.7 Å². The minimum Gasteiger partial charge on any atom is -0.478 e. The van der Waals surface area contributed by atoms with Crippen molar-refractivity contribution in [3.8, 4) is 11.5 Å². The van der Waals surface area contributed by atoms with E-state index in [4.69, 9.17) is 18.9 Å². The number of hydrogen-bond acceptors (Lipinski definition) is 5. The lowest BCUT2D eigenvalue weighted by molar-refractivity contribution is -0.130. The van der Waals surface area contributed by atoms with Crippen LogP contribution in [0.4, 0.5) is 0 Å². The Morgan fingerprint density at radius 3 is 1.58 bits per heavy atom. The van der Waals surface area contributed by atoms with Crippen molar-refractivity contribution in [2.75, 3.05) is 27.8 Å². The second-order valence-electron chi connectivity index (χ2n) is 6.57. The summed E-state index contributed by atoms with van der Waals surface area (Å²) in [7, 11) is 3.09. The van der Waals surface area contributed by atoms with Gasteiger partial charge in [-0.2, -0.15) is 0 Å². The van der Waals surface area contributed by atoms with Gasteiger partial charge in [-0.15, -0.1) is 0 Å². The molecular formula is C25H24O6. The van der Waals surface area contributed by atoms with Crippen molar-refractivity contribution >= 4 is 17.1 Å². The van der Waals surface area contributed by atoms with Crippen molar-refractivity contribution in [1.82, 2.24) is 0 Å². The molecule has 0 unspecified atom stereocenters. The van der Waals surface area contributed by atoms with E-state index in [1.54, 1.807) is 43.5 Å². The molecule has 160 valence electrons. The summed E-state index contributed by atoms with van der Waals surface area (Å²) in [6.07, 6.45) is 0. The summed E-state index contributed by atoms with van der Waals surface area (Å²) in [5.74, 6) is 0.204. The summed E-state index contributed by atoms with van der Waals surface area (Å²) >= 11 is 0. The van der Waals surface area contributed by atoms with Gasteiger partial charge in [-0.05, 0) is 41.0 Å². The van der Waals surface area contributed by atoms with Gasteiger partial charge >= 0.3 is 5.97 Å². The highest BCUT2D eigenvalue weighted by Crippen LogP contribution is 2.34. The van der Waals surface area contributed by atoms with Gasteiger partial charge in [0.1, 0.15) is 11.5 Å². The Morgan fingerprint density at radius 1 is 0.677 bits per heavy atom. The third-order valence-corrected chi connectivity index (χ3v) is 4.50. The van der Waals surface area contributed by atoms with Crippen molar-refractivity contribution in [2.24, 2.45) is 0 Å². The molecule has 0 radical (unpaired) electrons. The summed E-state index contributed by atoms with van der Waals surface area (Å²) in [6, 6.07) is 23.6. The molecule has 3 aromatic carbocycles. The predicted octanol–water partition coefficient (Wildman–Crippen LogP) is 4.70. The van der Waals surface area contributed by atoms with Gasteiger partial charge in [-0.3, -0.25) is 0 Å². The van der Waals surface area contributed by atoms with Crippen molar-refractivity contribution in [3.63, 3.8) is 0 Å². The molecule has 0 bridgehead atoms. The average molecular weight is 420 g/mol. The van der Waals surface area contributed by atoms with Crippen LogP contribution in [0.2, 0.25) is 0 Å². The summed E-state index contributed by atoms with van der Waals surface area (Å²) in [6.45, 7) is 0.256. The number of benzene rings is 3. The molecule has 31 heavy (non-hydrogen) atoms. The van der Waals surface area contributed by atoms with Crippen LogP contribution in [-0.2, 0) is 14.3 Å². The second-order valence-corrected chi connectivity index (χ2v) is 6.57. The highest BCUT2D eigenvalue weighted by molar-refractivity contribution is 6.26. The third-order valence-electron chi connectivity index (χ3n) is 4.50. The number of carboxylic acid groups (broad SMARTS) is 1. The zero-order valence-corrected chi connectivity index (χ0v) is 17.4. The van der Waals surface area contributed by atoms with Gasteiger partial charge in [-0.1, -0.05) is 54.6 Å². The van der Waals surface area contributed by atoms with E-state index >= 15 is 0 Å². The number of carboxylic acids is 1. The molecule has 0 aliphatic rings. The van der Waals surface area contributed by atoms with E-state index in [-0.39, 0.29) is 19.2 Å². The Bertz CT molecular complexity index is 1010. The molecule has 0 saturated heterocycles. The zero-order chi connectivity index (χ0) is 22.1. The number of carbonyl (C=O) groups is 1. The Balaban J connectivity index is 2.11. The minimum atomic E-state index is -1.02. The average Bonchev–Trinajstić information content (AvgIpc) is 2.81. The molecule has 0 fully saturated rings. The molecular weight excluding hydrogens is 396 g/mol. The van der Waals surface area contributed by atoms with Crippen molar-refractivity contribution in [1.29, 1.82) is 0 Å². The largest absolute Gasteiger partial charge is 0.478 e. The van der Waals surface area contributed by atoms with Gasteiger partial charge in [0.05, 0.1) is 5.57 Å². The Morgan fingerprint density at radius 2 is 1.13 bits per heavy atom. The molecule has 0 aliphatic heterocycles. The molecule has 3 rings (SSSR count). The lowest BCUT2D eigenvalue weighted by atomic mass is 9.89. The van der Waals surface area contributed by atoms with Crippen LogP contribution in [-0.4, -0.2) is 38.9 Å². The van der Waals surface area contributed by atoms with Crippen LogP contribution in [0.3, 0.4) is 0 Å². The highest BCUT2D eigenvalue weighted by atomic mass is 16.7. The molecule has 0 amide bonds. The van der Waals surface area contributed by atoms with Crippen LogP contribution < -0.4 is 9.47 Å². The zero-order valence-electron chi connectivity index (χ0n) is 17.4. The van der Waals surface area contributed by atoms with Gasteiger partial charge in [0.15, 0.2) is 13.6 Å². The maximum atomic E-state index is 12.4. The fourth-order valence-electron chi connectivity index (χ4n) is 3.12. The molecule has 0 atom stereocenters. The van der Waals surface area contributed by atoms with Crippen LogP contribution in [0, 0.1) is 0 Å². The van der Waals surface area contributed by atoms with Crippen LogP contribution in [0.25, 0.3) is 11.1 Å². The highest BCUT2D eigenvalue weighted by Gasteiger charge is 2.20. The van der Waals surface area contributed by atoms with Crippen molar-refractivity contribution in [3.05, 3.63) is 95.6 Å². The number of ether oxygens (including phenoxy) is 4. The van der Waals surface area contributed by atoms with E-state index in [1.807, 2.05) is 42.5 Å². The molecule has 0 spiro atoms. The van der Waals surface area contributed by atoms with Crippen LogP contribution in [0.5, 0.6) is 11.5 Å². The predicted molar refractivity (Wildman–Crippen MR) is 118 cm³/mol. The number of methoxy groups -OCH3 is 2. The normalized spacial score (nSPS) is 11.5. The number of hydrogen-bond donors (Lipinski definition) is 1. The van der Waals surface area contributed by atoms with Gasteiger partial charge in [0.2, 0.25) is 0 Å². The Hall–Kier alpha value is -3.61. The first kappa shape index (κ1) is 22.1. The van der Waals surface area contributed by atoms with E-state index in [0.717, 1.165) is 11.1 Å². The van der Waals surface area contributed by atoms with E-state index in [9.17, 15) is 9.90 Å². The number of aliphatic carboxylic acids is 1. The quantitative estimate of drug-likeness (QED) is 0.291. The maximum Gasteiger partial charge on any atom is 0.336 e. The molecule has 3 aromatic rings. The van der Waals surface area contributed by atoms with Crippen molar-refractivity contribution in [2.45, 2.75) is 0 Å². The molecule has 0 heterocycles. The van der Waals surface area contributed by atoms with Gasteiger partial charge in [-0.25, -0.2) is 4.79 Å². The lowest BCUT2D eigenvalue weighted by Gasteiger charge is -2.15. The fourth-order valence-corrected chi connectivity index (χ4v) is 3.12. The third kappa shape index (κ3) is 5.72. The van der Waals surface area contributed by atoms with E-state index in [2.05, 4.69) is 0 Å². The lowest BCUT2D eigenvalue weighted by Crippen LogP contribution is -2.06. The minimum absolute atomic E-state index is 0.119. The molecule has 1 N–H and O–H groups in total. The van der Waals surface area contributed by atoms with E-state index < -0.39 is 5.97 Å². The molecule has 0 aromatic heterocycles. The van der Waals surface area contributed by atoms with Crippen LogP contribution >= 0.6 is 0 Å². The van der Waals surface area contributed by atoms with E-state index in [0.29, 0.717) is 22.6 Å². The Labute approximate surface area is 181 Å². The first-order valence-electron chi connectivity index (χ1n) is 9.61. The maximum absolute atomic E-state index is 12.4. The molecule has 6 heteroatoms. The number of rotatable bonds is 10. The summed E-state index contributed by atoms with van der Waals surface area (Å²) in [4.78, 5) is 12.4. The van der Waals surface area contributed by atoms with E-state index in [1.165, 1.54) is 7.11 Å². The SMILES string of the molecule is COCOc1ccc(/C(C(=O)O)=C(/c2ccccc2)c2ccc(OCOC)cc2)cc1. The first-order chi connectivity index (χ1) is 15.1. The monoisotopic (exact) mass is 420 g/mol. The van der Waals surface area contributed by atoms with Crippen molar-refractivity contribution < 1.29 is 28.8 Å². The standard InChI is InChI=1S/C25H24O6/c1-28-16-30-21-12-8-19(9-13-21)23(18-6-4-3-5-7-18)24(25(26)27)20-10-14-22(15-11-20)31-17-29-2/h3-15H,16-17H2,1-2H3,(H,26,27)/b24-23+. The topological polar surface area (TPSA) is 74.2 Å². The molecule has 0 aliphatic carbocycles. The molecule has 6 nitrogen and oxygen atoms in total. The van der Waals surface area contributed by atoms with Gasteiger partial charge < -0.3 is 24.1 Å². The Kier molecular flexibility index (Phi) is 7.81. The fraction of sp³-hybridized carbons (Fsp3) is 0.160. The summed E-state index contributed by atoms with van der Waals surface area (Å²) < 4.78 is 20.7. The first-order valence-corrected chi connectivity index (χ1v) is 9.61. The smallest absolute Gasteiger partial charge is 0.336 e. The summed E-state index contributed by atoms with van der Waals surface area (Å²) in [5.41, 5.74) is 2.92. The van der Waals surface area contributed by atoms with Crippen LogP contribution in [0.15, 0.2) is 78.9 Å². The van der Waals surface area contributed by atoms with Gasteiger partial charge in [0.25, 0.3) is 0 Å². The second kappa shape index (κ2) is 11.0. The molecule has 0 saturated carbocycles.